The summed E-state index contributed by atoms with van der Waals surface area (Å²) >= 11 is 0. The molecule has 0 radical (unpaired) electrons. The summed E-state index contributed by atoms with van der Waals surface area (Å²) in [6, 6.07) is 0. The average molecular weight is 184 g/mol. The first-order valence-corrected chi connectivity index (χ1v) is 4.05. The van der Waals surface area contributed by atoms with Crippen molar-refractivity contribution in [2.45, 2.75) is 13.8 Å². The zero-order valence-corrected chi connectivity index (χ0v) is 7.55. The molecule has 0 aromatic heterocycles. The maximum atomic E-state index is 10.9. The Morgan fingerprint density at radius 1 is 1.23 bits per heavy atom. The van der Waals surface area contributed by atoms with Crippen LogP contribution in [0.5, 0.6) is 0 Å². The van der Waals surface area contributed by atoms with Gasteiger partial charge in [-0.05, 0) is 5.92 Å². The molecule has 1 aromatic carbocycles. The molecule has 13 heavy (non-hydrogen) atoms. The number of hydrogen-bond donors (Lipinski definition) is 3. The Morgan fingerprint density at radius 3 is 2.23 bits per heavy atom. The van der Waals surface area contributed by atoms with Crippen LogP contribution in [0.4, 0.5) is 11.4 Å². The quantitative estimate of drug-likeness (QED) is 0.458. The molecule has 0 fully saturated rings. The predicted octanol–water partition coefficient (Wildman–Crippen LogP) is 0.152. The standard InChI is InChI=1S/C8H12N2O3/c1-4(2)3-9-5-6(10-13)8(12)7(5)11/h4,9-10,13H,3H2,1-2H3. The zero-order valence-electron chi connectivity index (χ0n) is 7.55. The number of hydrogen-bond acceptors (Lipinski definition) is 5. The van der Waals surface area contributed by atoms with Crippen molar-refractivity contribution in [2.75, 3.05) is 17.3 Å². The van der Waals surface area contributed by atoms with E-state index >= 15 is 0 Å². The van der Waals surface area contributed by atoms with Gasteiger partial charge in [0, 0.05) is 6.54 Å². The highest BCUT2D eigenvalue weighted by Crippen LogP contribution is 2.13. The highest BCUT2D eigenvalue weighted by atomic mass is 16.5. The van der Waals surface area contributed by atoms with Crippen molar-refractivity contribution in [3.63, 3.8) is 0 Å². The lowest BCUT2D eigenvalue weighted by molar-refractivity contribution is 0.387. The fourth-order valence-electron chi connectivity index (χ4n) is 0.973. The molecule has 0 bridgehead atoms. The van der Waals surface area contributed by atoms with Crippen molar-refractivity contribution in [3.8, 4) is 0 Å². The topological polar surface area (TPSA) is 78.4 Å². The third-order valence-corrected chi connectivity index (χ3v) is 1.71. The van der Waals surface area contributed by atoms with E-state index in [1.54, 1.807) is 5.48 Å². The number of anilines is 2. The zero-order chi connectivity index (χ0) is 10.0. The molecule has 1 rings (SSSR count). The van der Waals surface area contributed by atoms with E-state index in [1.807, 2.05) is 13.8 Å². The first-order valence-electron chi connectivity index (χ1n) is 4.05. The summed E-state index contributed by atoms with van der Waals surface area (Å²) in [5.74, 6) is 0.371. The summed E-state index contributed by atoms with van der Waals surface area (Å²) in [5.41, 5.74) is 0.603. The third kappa shape index (κ3) is 1.70. The number of nitrogens with one attached hydrogen (secondary N) is 2. The van der Waals surface area contributed by atoms with Crippen LogP contribution in [-0.4, -0.2) is 11.8 Å². The van der Waals surface area contributed by atoms with Crippen LogP contribution in [-0.2, 0) is 0 Å². The van der Waals surface area contributed by atoms with Crippen LogP contribution >= 0.6 is 0 Å². The van der Waals surface area contributed by atoms with E-state index in [0.717, 1.165) is 0 Å². The Hall–Kier alpha value is -1.36. The first-order chi connectivity index (χ1) is 6.07. The number of rotatable bonds is 4. The summed E-state index contributed by atoms with van der Waals surface area (Å²) in [7, 11) is 0. The van der Waals surface area contributed by atoms with Gasteiger partial charge in [-0.25, -0.2) is 0 Å². The molecule has 72 valence electrons. The van der Waals surface area contributed by atoms with E-state index in [4.69, 9.17) is 5.21 Å². The van der Waals surface area contributed by atoms with Crippen molar-refractivity contribution < 1.29 is 5.21 Å². The monoisotopic (exact) mass is 184 g/mol. The Labute approximate surface area is 75.0 Å². The van der Waals surface area contributed by atoms with Gasteiger partial charge in [-0.2, -0.15) is 0 Å². The van der Waals surface area contributed by atoms with Gasteiger partial charge in [0.1, 0.15) is 11.4 Å². The molecule has 0 saturated heterocycles. The molecule has 5 heteroatoms. The van der Waals surface area contributed by atoms with Crippen molar-refractivity contribution in [2.24, 2.45) is 5.92 Å². The van der Waals surface area contributed by atoms with E-state index in [2.05, 4.69) is 5.32 Å². The van der Waals surface area contributed by atoms with Crippen LogP contribution in [0, 0.1) is 5.92 Å². The van der Waals surface area contributed by atoms with Crippen molar-refractivity contribution in [3.05, 3.63) is 20.4 Å². The van der Waals surface area contributed by atoms with Crippen molar-refractivity contribution in [1.82, 2.24) is 0 Å². The highest BCUT2D eigenvalue weighted by Gasteiger charge is 2.19. The van der Waals surface area contributed by atoms with Gasteiger partial charge in [-0.3, -0.25) is 20.3 Å². The SMILES string of the molecule is CC(C)CNc1c(NO)c(=O)c1=O. The van der Waals surface area contributed by atoms with Crippen LogP contribution in [0.15, 0.2) is 9.59 Å². The van der Waals surface area contributed by atoms with Gasteiger partial charge in [-0.1, -0.05) is 13.8 Å². The second kappa shape index (κ2) is 3.57. The third-order valence-electron chi connectivity index (χ3n) is 1.71. The molecule has 0 heterocycles. The van der Waals surface area contributed by atoms with Gasteiger partial charge in [0.15, 0.2) is 0 Å². The van der Waals surface area contributed by atoms with Crippen molar-refractivity contribution >= 4 is 11.4 Å². The molecule has 3 N–H and O–H groups in total. The molecule has 0 aliphatic rings. The Balaban J connectivity index is 2.73. The molecule has 0 amide bonds. The largest absolute Gasteiger partial charge is 0.380 e. The van der Waals surface area contributed by atoms with E-state index in [1.165, 1.54) is 0 Å². The second-order valence-electron chi connectivity index (χ2n) is 3.29. The molecule has 0 saturated carbocycles. The van der Waals surface area contributed by atoms with E-state index in [9.17, 15) is 9.59 Å². The predicted molar refractivity (Wildman–Crippen MR) is 50.1 cm³/mol. The van der Waals surface area contributed by atoms with Crippen LogP contribution in [0.25, 0.3) is 0 Å². The molecular weight excluding hydrogens is 172 g/mol. The van der Waals surface area contributed by atoms with Gasteiger partial charge >= 0.3 is 0 Å². The second-order valence-corrected chi connectivity index (χ2v) is 3.29. The minimum Gasteiger partial charge on any atom is -0.380 e. The lowest BCUT2D eigenvalue weighted by Gasteiger charge is -2.12. The maximum Gasteiger partial charge on any atom is 0.255 e. The van der Waals surface area contributed by atoms with E-state index < -0.39 is 10.9 Å². The molecule has 0 atom stereocenters. The molecular formula is C8H12N2O3. The highest BCUT2D eigenvalue weighted by molar-refractivity contribution is 5.72. The summed E-state index contributed by atoms with van der Waals surface area (Å²) < 4.78 is 0. The minimum absolute atomic E-state index is 0.0364. The normalized spacial score (nSPS) is 10.8. The van der Waals surface area contributed by atoms with Gasteiger partial charge in [0.2, 0.25) is 0 Å². The van der Waals surface area contributed by atoms with Crippen LogP contribution < -0.4 is 21.7 Å². The summed E-state index contributed by atoms with van der Waals surface area (Å²) in [5, 5.41) is 11.3. The molecule has 1 aromatic rings. The summed E-state index contributed by atoms with van der Waals surface area (Å²) in [6.45, 7) is 4.55. The lowest BCUT2D eigenvalue weighted by atomic mass is 10.1. The van der Waals surface area contributed by atoms with Gasteiger partial charge in [0.25, 0.3) is 10.9 Å². The van der Waals surface area contributed by atoms with Crippen molar-refractivity contribution in [1.29, 1.82) is 0 Å². The Bertz CT molecular complexity index is 363. The summed E-state index contributed by atoms with van der Waals surface area (Å²) in [6.07, 6.45) is 0. The molecule has 0 aliphatic carbocycles. The smallest absolute Gasteiger partial charge is 0.255 e. The average Bonchev–Trinajstić information content (AvgIpc) is 2.10. The molecule has 5 nitrogen and oxygen atoms in total. The maximum absolute atomic E-state index is 10.9. The fourth-order valence-corrected chi connectivity index (χ4v) is 0.973. The molecule has 0 aliphatic heterocycles. The van der Waals surface area contributed by atoms with Crippen LogP contribution in [0.3, 0.4) is 0 Å². The summed E-state index contributed by atoms with van der Waals surface area (Å²) in [4.78, 5) is 21.7. The molecule has 0 unspecified atom stereocenters. The van der Waals surface area contributed by atoms with Gasteiger partial charge < -0.3 is 5.32 Å². The Kier molecular flexibility index (Phi) is 2.67. The fraction of sp³-hybridized carbons (Fsp3) is 0.500. The molecule has 0 spiro atoms. The van der Waals surface area contributed by atoms with Crippen LogP contribution in [0.1, 0.15) is 13.8 Å². The Morgan fingerprint density at radius 2 is 1.77 bits per heavy atom. The first kappa shape index (κ1) is 9.73. The minimum atomic E-state index is -0.672. The lowest BCUT2D eigenvalue weighted by Crippen LogP contribution is -2.37. The van der Waals surface area contributed by atoms with Gasteiger partial charge in [0.05, 0.1) is 0 Å². The van der Waals surface area contributed by atoms with Gasteiger partial charge in [-0.15, -0.1) is 0 Å². The van der Waals surface area contributed by atoms with E-state index in [0.29, 0.717) is 12.5 Å². The van der Waals surface area contributed by atoms with Crippen LogP contribution in [0.2, 0.25) is 0 Å². The van der Waals surface area contributed by atoms with E-state index in [-0.39, 0.29) is 11.4 Å².